The van der Waals surface area contributed by atoms with Gasteiger partial charge in [-0.3, -0.25) is 14.9 Å². The van der Waals surface area contributed by atoms with Gasteiger partial charge >= 0.3 is 0 Å². The fraction of sp³-hybridized carbons (Fsp3) is 0.227. The van der Waals surface area contributed by atoms with Crippen molar-refractivity contribution in [2.75, 3.05) is 24.5 Å². The van der Waals surface area contributed by atoms with Crippen molar-refractivity contribution in [3.05, 3.63) is 82.4 Å². The van der Waals surface area contributed by atoms with Crippen LogP contribution in [0.15, 0.2) is 60.9 Å². The first-order valence-corrected chi connectivity index (χ1v) is 9.97. The van der Waals surface area contributed by atoms with Crippen LogP contribution in [0.4, 0.5) is 15.9 Å². The topological polar surface area (TPSA) is 102 Å². The number of para-hydroxylation sites is 1. The number of aromatic nitrogens is 2. The summed E-state index contributed by atoms with van der Waals surface area (Å²) in [6.45, 7) is 3.31. The number of nitro groups is 1. The van der Waals surface area contributed by atoms with E-state index < -0.39 is 10.7 Å². The van der Waals surface area contributed by atoms with Crippen LogP contribution in [-0.2, 0) is 0 Å². The quantitative estimate of drug-likeness (QED) is 0.443. The maximum Gasteiger partial charge on any atom is 0.270 e. The number of non-ortho nitro benzene ring substituents is 1. The van der Waals surface area contributed by atoms with Crippen LogP contribution in [0.25, 0.3) is 0 Å². The summed E-state index contributed by atoms with van der Waals surface area (Å²) in [5.74, 6) is 0.128. The minimum Gasteiger partial charge on any atom is -0.436 e. The van der Waals surface area contributed by atoms with Crippen molar-refractivity contribution in [1.82, 2.24) is 14.9 Å². The average Bonchev–Trinajstić information content (AvgIpc) is 2.80. The molecular weight excluding hydrogens is 417 g/mol. The molecule has 1 saturated heterocycles. The maximum atomic E-state index is 13.9. The molecule has 2 heterocycles. The van der Waals surface area contributed by atoms with Gasteiger partial charge in [-0.25, -0.2) is 14.4 Å². The van der Waals surface area contributed by atoms with Gasteiger partial charge < -0.3 is 14.5 Å². The Labute approximate surface area is 183 Å². The number of nitrogens with zero attached hydrogens (tertiary/aromatic N) is 5. The van der Waals surface area contributed by atoms with Crippen molar-refractivity contribution in [1.29, 1.82) is 0 Å². The Bertz CT molecular complexity index is 1160. The van der Waals surface area contributed by atoms with Crippen molar-refractivity contribution >= 4 is 17.4 Å². The van der Waals surface area contributed by atoms with Crippen LogP contribution in [0.1, 0.15) is 17.3 Å². The lowest BCUT2D eigenvalue weighted by molar-refractivity contribution is -0.384. The zero-order chi connectivity index (χ0) is 22.7. The molecule has 164 valence electrons. The molecular formula is C22H20FN5O4. The lowest BCUT2D eigenvalue weighted by Gasteiger charge is -2.40. The van der Waals surface area contributed by atoms with Crippen LogP contribution < -0.4 is 9.64 Å². The molecule has 1 aliphatic rings. The summed E-state index contributed by atoms with van der Waals surface area (Å²) in [5, 5.41) is 11.0. The fourth-order valence-electron chi connectivity index (χ4n) is 3.58. The summed E-state index contributed by atoms with van der Waals surface area (Å²) in [5.41, 5.74) is 0.160. The molecule has 3 aromatic rings. The van der Waals surface area contributed by atoms with E-state index in [4.69, 9.17) is 4.74 Å². The Hall–Kier alpha value is -4.08. The van der Waals surface area contributed by atoms with Gasteiger partial charge in [0.15, 0.2) is 11.6 Å². The van der Waals surface area contributed by atoms with E-state index in [1.807, 2.05) is 11.8 Å². The Morgan fingerprint density at radius 1 is 1.16 bits per heavy atom. The second-order valence-corrected chi connectivity index (χ2v) is 7.35. The van der Waals surface area contributed by atoms with E-state index in [0.29, 0.717) is 25.5 Å². The van der Waals surface area contributed by atoms with Gasteiger partial charge in [-0.15, -0.1) is 0 Å². The summed E-state index contributed by atoms with van der Waals surface area (Å²) in [6.07, 6.45) is 1.34. The second-order valence-electron chi connectivity index (χ2n) is 7.35. The lowest BCUT2D eigenvalue weighted by Crippen LogP contribution is -2.54. The number of amides is 1. The van der Waals surface area contributed by atoms with Gasteiger partial charge in [0.25, 0.3) is 11.6 Å². The number of rotatable bonds is 5. The number of nitro benzene ring substituents is 1. The average molecular weight is 437 g/mol. The van der Waals surface area contributed by atoms with E-state index in [9.17, 15) is 19.3 Å². The van der Waals surface area contributed by atoms with Gasteiger partial charge in [0.05, 0.1) is 4.92 Å². The molecule has 1 aromatic heterocycles. The first-order valence-electron chi connectivity index (χ1n) is 9.97. The first-order chi connectivity index (χ1) is 15.4. The summed E-state index contributed by atoms with van der Waals surface area (Å²) in [7, 11) is 0. The molecule has 1 unspecified atom stereocenters. The molecule has 0 bridgehead atoms. The number of halogens is 1. The second kappa shape index (κ2) is 8.96. The number of piperazine rings is 1. The number of hydrogen-bond donors (Lipinski definition) is 0. The minimum absolute atomic E-state index is 0.0675. The third-order valence-corrected chi connectivity index (χ3v) is 5.20. The molecule has 0 saturated carbocycles. The van der Waals surface area contributed by atoms with E-state index in [1.165, 1.54) is 36.7 Å². The summed E-state index contributed by atoms with van der Waals surface area (Å²) in [4.78, 5) is 35.4. The number of carbonyl (C=O) groups excluding carboxylic acids is 1. The van der Waals surface area contributed by atoms with Crippen LogP contribution in [0.5, 0.6) is 11.6 Å². The van der Waals surface area contributed by atoms with Crippen molar-refractivity contribution < 1.29 is 18.8 Å². The van der Waals surface area contributed by atoms with Crippen molar-refractivity contribution in [2.45, 2.75) is 13.0 Å². The van der Waals surface area contributed by atoms with Crippen LogP contribution in [0, 0.1) is 15.9 Å². The molecule has 1 atom stereocenters. The zero-order valence-electron chi connectivity index (χ0n) is 17.2. The van der Waals surface area contributed by atoms with E-state index in [0.717, 1.165) is 0 Å². The summed E-state index contributed by atoms with van der Waals surface area (Å²) < 4.78 is 19.4. The monoisotopic (exact) mass is 437 g/mol. The molecule has 1 amide bonds. The first kappa shape index (κ1) is 21.2. The highest BCUT2D eigenvalue weighted by atomic mass is 19.1. The molecule has 2 aromatic carbocycles. The van der Waals surface area contributed by atoms with Crippen LogP contribution in [0.2, 0.25) is 0 Å². The Balaban J connectivity index is 1.45. The highest BCUT2D eigenvalue weighted by molar-refractivity contribution is 5.95. The number of ether oxygens (including phenoxy) is 1. The maximum absolute atomic E-state index is 13.9. The van der Waals surface area contributed by atoms with Crippen LogP contribution in [-0.4, -0.2) is 51.4 Å². The molecule has 1 fully saturated rings. The lowest BCUT2D eigenvalue weighted by atomic mass is 10.1. The molecule has 0 aliphatic carbocycles. The number of hydrogen-bond acceptors (Lipinski definition) is 7. The van der Waals surface area contributed by atoms with Crippen molar-refractivity contribution in [3.63, 3.8) is 0 Å². The molecule has 1 aliphatic heterocycles. The molecule has 9 nitrogen and oxygen atoms in total. The van der Waals surface area contributed by atoms with E-state index in [1.54, 1.807) is 29.2 Å². The Morgan fingerprint density at radius 2 is 1.97 bits per heavy atom. The number of anilines is 1. The van der Waals surface area contributed by atoms with Gasteiger partial charge in [-0.05, 0) is 25.1 Å². The van der Waals surface area contributed by atoms with Crippen LogP contribution >= 0.6 is 0 Å². The van der Waals surface area contributed by atoms with E-state index in [-0.39, 0.29) is 34.8 Å². The van der Waals surface area contributed by atoms with Crippen LogP contribution in [0.3, 0.4) is 0 Å². The molecule has 4 rings (SSSR count). The molecule has 0 spiro atoms. The Morgan fingerprint density at radius 3 is 2.72 bits per heavy atom. The molecule has 0 N–H and O–H groups in total. The third-order valence-electron chi connectivity index (χ3n) is 5.20. The van der Waals surface area contributed by atoms with Gasteiger partial charge in [0.2, 0.25) is 5.88 Å². The predicted molar refractivity (Wildman–Crippen MR) is 114 cm³/mol. The highest BCUT2D eigenvalue weighted by Gasteiger charge is 2.29. The molecule has 32 heavy (non-hydrogen) atoms. The fourth-order valence-corrected chi connectivity index (χ4v) is 3.58. The SMILES string of the molecule is CC1CN(c2cc(Oc3ccccc3F)ncn2)CCN1C(=O)c1cccc([N+](=O)[O-])c1. The number of benzene rings is 2. The van der Waals surface area contributed by atoms with E-state index >= 15 is 0 Å². The van der Waals surface area contributed by atoms with Gasteiger partial charge in [-0.1, -0.05) is 18.2 Å². The normalized spacial score (nSPS) is 16.0. The van der Waals surface area contributed by atoms with Crippen molar-refractivity contribution in [2.24, 2.45) is 0 Å². The number of carbonyl (C=O) groups is 1. The standard InChI is InChI=1S/C22H20FN5O4/c1-15-13-26(9-10-27(15)22(29)16-5-4-6-17(11-16)28(30)31)20-12-21(25-14-24-20)32-19-8-3-2-7-18(19)23/h2-8,11-12,14-15H,9-10,13H2,1H3. The van der Waals surface area contributed by atoms with Gasteiger partial charge in [-0.2, -0.15) is 0 Å². The summed E-state index contributed by atoms with van der Waals surface area (Å²) in [6, 6.07) is 13.2. The molecule has 0 radical (unpaired) electrons. The minimum atomic E-state index is -0.520. The smallest absolute Gasteiger partial charge is 0.270 e. The predicted octanol–water partition coefficient (Wildman–Crippen LogP) is 3.67. The zero-order valence-corrected chi connectivity index (χ0v) is 17.2. The van der Waals surface area contributed by atoms with Gasteiger partial charge in [0.1, 0.15) is 12.1 Å². The van der Waals surface area contributed by atoms with Gasteiger partial charge in [0, 0.05) is 49.4 Å². The van der Waals surface area contributed by atoms with Crippen molar-refractivity contribution in [3.8, 4) is 11.6 Å². The third kappa shape index (κ3) is 4.48. The highest BCUT2D eigenvalue weighted by Crippen LogP contribution is 2.26. The largest absolute Gasteiger partial charge is 0.436 e. The molecule has 10 heteroatoms. The van der Waals surface area contributed by atoms with E-state index in [2.05, 4.69) is 9.97 Å². The summed E-state index contributed by atoms with van der Waals surface area (Å²) >= 11 is 0. The Kier molecular flexibility index (Phi) is 5.93.